The second-order valence-electron chi connectivity index (χ2n) is 7.60. The lowest BCUT2D eigenvalue weighted by Crippen LogP contribution is -2.48. The lowest BCUT2D eigenvalue weighted by atomic mass is 9.94. The van der Waals surface area contributed by atoms with Crippen molar-refractivity contribution in [2.45, 2.75) is 24.9 Å². The van der Waals surface area contributed by atoms with Gasteiger partial charge < -0.3 is 16.0 Å². The van der Waals surface area contributed by atoms with E-state index in [4.69, 9.17) is 0 Å². The number of nitrogens with zero attached hydrogens (tertiary/aromatic N) is 3. The molecule has 0 spiro atoms. The molecule has 0 unspecified atom stereocenters. The lowest BCUT2D eigenvalue weighted by molar-refractivity contribution is -0.117. The molecule has 2 aromatic carbocycles. The van der Waals surface area contributed by atoms with Crippen molar-refractivity contribution in [3.63, 3.8) is 0 Å². The summed E-state index contributed by atoms with van der Waals surface area (Å²) in [5.41, 5.74) is 3.93. The van der Waals surface area contributed by atoms with E-state index in [1.165, 1.54) is 0 Å². The van der Waals surface area contributed by atoms with Crippen LogP contribution in [0.2, 0.25) is 0 Å². The Morgan fingerprint density at radius 2 is 2.00 bits per heavy atom. The first kappa shape index (κ1) is 19.7. The van der Waals surface area contributed by atoms with Crippen LogP contribution in [0.1, 0.15) is 35.6 Å². The number of aryl methyl sites for hydroxylation is 1. The number of anilines is 2. The summed E-state index contributed by atoms with van der Waals surface area (Å²) in [4.78, 5) is 13.0. The lowest BCUT2D eigenvalue weighted by Gasteiger charge is -2.34. The van der Waals surface area contributed by atoms with Crippen molar-refractivity contribution < 1.29 is 4.79 Å². The van der Waals surface area contributed by atoms with Crippen molar-refractivity contribution >= 4 is 17.3 Å². The molecule has 0 saturated carbocycles. The molecule has 4 rings (SSSR count). The predicted octanol–water partition coefficient (Wildman–Crippen LogP) is 3.16. The highest BCUT2D eigenvalue weighted by Crippen LogP contribution is 2.33. The number of hydrogen-bond donors (Lipinski definition) is 3. The zero-order chi connectivity index (χ0) is 21.1. The van der Waals surface area contributed by atoms with Gasteiger partial charge in [-0.2, -0.15) is 10.4 Å². The fraction of sp³-hybridized carbons (Fsp3) is 0.261. The van der Waals surface area contributed by atoms with E-state index in [0.717, 1.165) is 11.1 Å². The average Bonchev–Trinajstić information content (AvgIpc) is 3.20. The third kappa shape index (κ3) is 3.91. The number of amides is 1. The van der Waals surface area contributed by atoms with Gasteiger partial charge >= 0.3 is 0 Å². The molecule has 2 heterocycles. The van der Waals surface area contributed by atoms with E-state index in [-0.39, 0.29) is 17.9 Å². The van der Waals surface area contributed by atoms with Crippen LogP contribution in [0.3, 0.4) is 0 Å². The molecule has 0 radical (unpaired) electrons. The molecule has 0 aliphatic carbocycles. The summed E-state index contributed by atoms with van der Waals surface area (Å²) < 4.78 is 1.79. The van der Waals surface area contributed by atoms with Gasteiger partial charge in [-0.1, -0.05) is 43.3 Å². The average molecular weight is 400 g/mol. The SMILES string of the molecule is C[C@@H](CN[C@H](c1ccccc1)[C@@H]1Nc2c(C#N)cccc2NC1=O)c1cnn(C)c1. The molecule has 1 amide bonds. The van der Waals surface area contributed by atoms with Crippen molar-refractivity contribution in [3.8, 4) is 6.07 Å². The second-order valence-corrected chi connectivity index (χ2v) is 7.60. The van der Waals surface area contributed by atoms with Crippen LogP contribution >= 0.6 is 0 Å². The van der Waals surface area contributed by atoms with Crippen LogP contribution in [-0.4, -0.2) is 28.3 Å². The zero-order valence-corrected chi connectivity index (χ0v) is 17.0. The third-order valence-corrected chi connectivity index (χ3v) is 5.45. The first-order valence-corrected chi connectivity index (χ1v) is 9.94. The van der Waals surface area contributed by atoms with Gasteiger partial charge in [0.1, 0.15) is 12.1 Å². The fourth-order valence-corrected chi connectivity index (χ4v) is 3.78. The van der Waals surface area contributed by atoms with Gasteiger partial charge in [-0.25, -0.2) is 0 Å². The Hall–Kier alpha value is -3.63. The van der Waals surface area contributed by atoms with Crippen LogP contribution in [0.5, 0.6) is 0 Å². The minimum absolute atomic E-state index is 0.132. The number of nitriles is 1. The molecular formula is C23H24N6O. The minimum atomic E-state index is -0.560. The van der Waals surface area contributed by atoms with Gasteiger partial charge in [-0.05, 0) is 29.2 Å². The molecule has 30 heavy (non-hydrogen) atoms. The molecule has 0 bridgehead atoms. The van der Waals surface area contributed by atoms with Crippen LogP contribution in [0.4, 0.5) is 11.4 Å². The first-order valence-electron chi connectivity index (χ1n) is 9.94. The number of nitrogens with one attached hydrogen (secondary N) is 3. The quantitative estimate of drug-likeness (QED) is 0.591. The van der Waals surface area contributed by atoms with Crippen molar-refractivity contribution in [2.75, 3.05) is 17.2 Å². The highest BCUT2D eigenvalue weighted by molar-refractivity contribution is 6.04. The monoisotopic (exact) mass is 400 g/mol. The summed E-state index contributed by atoms with van der Waals surface area (Å²) in [7, 11) is 1.90. The van der Waals surface area contributed by atoms with E-state index < -0.39 is 6.04 Å². The largest absolute Gasteiger partial charge is 0.369 e. The Balaban J connectivity index is 1.61. The van der Waals surface area contributed by atoms with Gasteiger partial charge in [0.15, 0.2) is 0 Å². The van der Waals surface area contributed by atoms with E-state index in [1.54, 1.807) is 22.9 Å². The Kier molecular flexibility index (Phi) is 5.50. The highest BCUT2D eigenvalue weighted by atomic mass is 16.2. The summed E-state index contributed by atoms with van der Waals surface area (Å²) >= 11 is 0. The van der Waals surface area contributed by atoms with Crippen LogP contribution in [-0.2, 0) is 11.8 Å². The Labute approximate surface area is 175 Å². The van der Waals surface area contributed by atoms with Gasteiger partial charge in [-0.3, -0.25) is 9.48 Å². The number of fused-ring (bicyclic) bond motifs is 1. The summed E-state index contributed by atoms with van der Waals surface area (Å²) in [6, 6.07) is 16.6. The summed E-state index contributed by atoms with van der Waals surface area (Å²) in [6.45, 7) is 2.80. The third-order valence-electron chi connectivity index (χ3n) is 5.45. The van der Waals surface area contributed by atoms with Crippen LogP contribution in [0.15, 0.2) is 60.9 Å². The predicted molar refractivity (Wildman–Crippen MR) is 116 cm³/mol. The molecule has 3 N–H and O–H groups in total. The zero-order valence-electron chi connectivity index (χ0n) is 17.0. The van der Waals surface area contributed by atoms with Crippen molar-refractivity contribution in [3.05, 3.63) is 77.6 Å². The Morgan fingerprint density at radius 1 is 1.20 bits per heavy atom. The molecule has 0 saturated heterocycles. The van der Waals surface area contributed by atoms with Gasteiger partial charge in [0.2, 0.25) is 5.91 Å². The van der Waals surface area contributed by atoms with Crippen LogP contribution in [0, 0.1) is 11.3 Å². The minimum Gasteiger partial charge on any atom is -0.369 e. The smallest absolute Gasteiger partial charge is 0.248 e. The number of carbonyl (C=O) groups is 1. The van der Waals surface area contributed by atoms with Gasteiger partial charge in [0.05, 0.1) is 29.2 Å². The van der Waals surface area contributed by atoms with Crippen molar-refractivity contribution in [1.29, 1.82) is 5.26 Å². The number of benzene rings is 2. The topological polar surface area (TPSA) is 94.8 Å². The molecule has 1 aliphatic rings. The number of carbonyl (C=O) groups excluding carboxylic acids is 1. The molecule has 7 nitrogen and oxygen atoms in total. The van der Waals surface area contributed by atoms with Gasteiger partial charge in [-0.15, -0.1) is 0 Å². The maximum absolute atomic E-state index is 13.0. The van der Waals surface area contributed by atoms with Gasteiger partial charge in [0.25, 0.3) is 0 Å². The maximum atomic E-state index is 13.0. The van der Waals surface area contributed by atoms with Crippen molar-refractivity contribution in [1.82, 2.24) is 15.1 Å². The molecule has 152 valence electrons. The molecule has 0 fully saturated rings. The van der Waals surface area contributed by atoms with E-state index in [0.29, 0.717) is 23.5 Å². The molecule has 3 aromatic rings. The Bertz CT molecular complexity index is 1080. The number of para-hydroxylation sites is 1. The van der Waals surface area contributed by atoms with E-state index in [9.17, 15) is 10.1 Å². The van der Waals surface area contributed by atoms with E-state index >= 15 is 0 Å². The molecule has 1 aliphatic heterocycles. The van der Waals surface area contributed by atoms with Gasteiger partial charge in [0, 0.05) is 19.8 Å². The molecule has 3 atom stereocenters. The molecule has 7 heteroatoms. The number of rotatable bonds is 6. The highest BCUT2D eigenvalue weighted by Gasteiger charge is 2.34. The van der Waals surface area contributed by atoms with E-state index in [2.05, 4.69) is 34.0 Å². The number of hydrogen-bond acceptors (Lipinski definition) is 5. The normalized spacial score (nSPS) is 17.2. The summed E-state index contributed by atoms with van der Waals surface area (Å²) in [6.07, 6.45) is 3.87. The molecule has 1 aromatic heterocycles. The summed E-state index contributed by atoms with van der Waals surface area (Å²) in [5.74, 6) is 0.0893. The standard InChI is InChI=1S/C23H24N6O/c1-15(18-13-26-29(2)14-18)12-25-21(16-7-4-3-5-8-16)22-23(30)27-19-10-6-9-17(11-24)20(19)28-22/h3-10,13-15,21-22,25,28H,12H2,1-2H3,(H,27,30)/t15-,21+,22-/m0/s1. The number of aromatic nitrogens is 2. The van der Waals surface area contributed by atoms with Crippen molar-refractivity contribution in [2.24, 2.45) is 7.05 Å². The maximum Gasteiger partial charge on any atom is 0.248 e. The van der Waals surface area contributed by atoms with Crippen LogP contribution < -0.4 is 16.0 Å². The van der Waals surface area contributed by atoms with Crippen LogP contribution in [0.25, 0.3) is 0 Å². The van der Waals surface area contributed by atoms with E-state index in [1.807, 2.05) is 49.8 Å². The fourth-order valence-electron chi connectivity index (χ4n) is 3.78. The molecular weight excluding hydrogens is 376 g/mol. The second kappa shape index (κ2) is 8.39. The Morgan fingerprint density at radius 3 is 2.70 bits per heavy atom. The summed E-state index contributed by atoms with van der Waals surface area (Å²) in [5, 5.41) is 23.6. The first-order chi connectivity index (χ1) is 14.6.